The molecule has 2 nitrogen and oxygen atoms in total. The molecule has 0 aliphatic carbocycles. The number of piperazine rings is 1. The first-order chi connectivity index (χ1) is 11.7. The summed E-state index contributed by atoms with van der Waals surface area (Å²) in [5, 5.41) is 1.33. The van der Waals surface area contributed by atoms with Gasteiger partial charge in [0.2, 0.25) is 0 Å². The van der Waals surface area contributed by atoms with Crippen molar-refractivity contribution >= 4 is 29.3 Å². The standard InChI is InChI=1S/C20H22Cl2N2/c21-19-10-4-9-18(20(19)22)16-24-14-12-23(13-15-24)11-5-8-17-6-2-1-3-7-17/h1-10H,11-16H2/b8-5-. The molecule has 0 radical (unpaired) electrons. The van der Waals surface area contributed by atoms with Gasteiger partial charge in [0.1, 0.15) is 0 Å². The lowest BCUT2D eigenvalue weighted by atomic mass is 10.2. The fraction of sp³-hybridized carbons (Fsp3) is 0.300. The number of halogens is 2. The third kappa shape index (κ3) is 4.84. The van der Waals surface area contributed by atoms with Crippen molar-refractivity contribution in [3.8, 4) is 0 Å². The van der Waals surface area contributed by atoms with Gasteiger partial charge in [-0.25, -0.2) is 0 Å². The molecular formula is C20H22Cl2N2. The minimum absolute atomic E-state index is 0.638. The van der Waals surface area contributed by atoms with Crippen LogP contribution in [0.2, 0.25) is 10.0 Å². The quantitative estimate of drug-likeness (QED) is 0.753. The normalized spacial score (nSPS) is 16.8. The molecule has 24 heavy (non-hydrogen) atoms. The van der Waals surface area contributed by atoms with Gasteiger partial charge in [-0.3, -0.25) is 9.80 Å². The van der Waals surface area contributed by atoms with Gasteiger partial charge in [0.25, 0.3) is 0 Å². The van der Waals surface area contributed by atoms with E-state index in [0.29, 0.717) is 10.0 Å². The zero-order chi connectivity index (χ0) is 16.8. The highest BCUT2D eigenvalue weighted by Crippen LogP contribution is 2.26. The maximum Gasteiger partial charge on any atom is 0.0637 e. The third-order valence-electron chi connectivity index (χ3n) is 4.36. The molecule has 2 aromatic carbocycles. The van der Waals surface area contributed by atoms with E-state index in [0.717, 1.165) is 44.8 Å². The Bertz CT molecular complexity index is 677. The van der Waals surface area contributed by atoms with Crippen LogP contribution in [0.25, 0.3) is 6.08 Å². The van der Waals surface area contributed by atoms with Gasteiger partial charge in [-0.05, 0) is 17.2 Å². The molecule has 1 fully saturated rings. The summed E-state index contributed by atoms with van der Waals surface area (Å²) in [5.74, 6) is 0. The second-order valence-corrected chi connectivity index (χ2v) is 6.89. The van der Waals surface area contributed by atoms with Crippen LogP contribution in [0.4, 0.5) is 0 Å². The highest BCUT2D eigenvalue weighted by atomic mass is 35.5. The Hall–Kier alpha value is -1.32. The molecule has 1 aliphatic heterocycles. The van der Waals surface area contributed by atoms with E-state index in [4.69, 9.17) is 23.2 Å². The van der Waals surface area contributed by atoms with Crippen LogP contribution in [0, 0.1) is 0 Å². The fourth-order valence-corrected chi connectivity index (χ4v) is 3.32. The highest BCUT2D eigenvalue weighted by molar-refractivity contribution is 6.42. The van der Waals surface area contributed by atoms with Crippen molar-refractivity contribution in [1.82, 2.24) is 9.80 Å². The first-order valence-corrected chi connectivity index (χ1v) is 9.07. The molecule has 0 aromatic heterocycles. The molecule has 1 saturated heterocycles. The van der Waals surface area contributed by atoms with Crippen LogP contribution < -0.4 is 0 Å². The molecule has 0 unspecified atom stereocenters. The smallest absolute Gasteiger partial charge is 0.0637 e. The zero-order valence-electron chi connectivity index (χ0n) is 13.7. The number of hydrogen-bond acceptors (Lipinski definition) is 2. The first-order valence-electron chi connectivity index (χ1n) is 8.31. The van der Waals surface area contributed by atoms with E-state index in [-0.39, 0.29) is 0 Å². The Kier molecular flexibility index (Phi) is 6.33. The van der Waals surface area contributed by atoms with E-state index < -0.39 is 0 Å². The van der Waals surface area contributed by atoms with Crippen LogP contribution in [0.3, 0.4) is 0 Å². The number of nitrogens with zero attached hydrogens (tertiary/aromatic N) is 2. The van der Waals surface area contributed by atoms with Crippen LogP contribution in [0.1, 0.15) is 11.1 Å². The topological polar surface area (TPSA) is 6.48 Å². The van der Waals surface area contributed by atoms with E-state index in [2.05, 4.69) is 52.3 Å². The van der Waals surface area contributed by atoms with Crippen LogP contribution in [0.15, 0.2) is 54.6 Å². The lowest BCUT2D eigenvalue weighted by Gasteiger charge is -2.34. The van der Waals surface area contributed by atoms with Crippen molar-refractivity contribution in [1.29, 1.82) is 0 Å². The number of hydrogen-bond donors (Lipinski definition) is 0. The van der Waals surface area contributed by atoms with E-state index >= 15 is 0 Å². The Morgan fingerprint density at radius 1 is 0.833 bits per heavy atom. The zero-order valence-corrected chi connectivity index (χ0v) is 15.2. The van der Waals surface area contributed by atoms with Crippen molar-refractivity contribution < 1.29 is 0 Å². The average molecular weight is 361 g/mol. The van der Waals surface area contributed by atoms with Gasteiger partial charge in [0.15, 0.2) is 0 Å². The summed E-state index contributed by atoms with van der Waals surface area (Å²) in [5.41, 5.74) is 2.37. The van der Waals surface area contributed by atoms with Gasteiger partial charge < -0.3 is 0 Å². The summed E-state index contributed by atoms with van der Waals surface area (Å²) in [6.07, 6.45) is 4.44. The molecule has 1 heterocycles. The van der Waals surface area contributed by atoms with Gasteiger partial charge in [0.05, 0.1) is 10.0 Å². The molecule has 0 atom stereocenters. The third-order valence-corrected chi connectivity index (χ3v) is 5.22. The highest BCUT2D eigenvalue weighted by Gasteiger charge is 2.17. The summed E-state index contributed by atoms with van der Waals surface area (Å²) in [6.45, 7) is 6.15. The fourth-order valence-electron chi connectivity index (χ4n) is 2.94. The van der Waals surface area contributed by atoms with E-state index in [1.54, 1.807) is 0 Å². The summed E-state index contributed by atoms with van der Waals surface area (Å²) < 4.78 is 0. The molecule has 4 heteroatoms. The van der Waals surface area contributed by atoms with Gasteiger partial charge in [-0.2, -0.15) is 0 Å². The summed E-state index contributed by atoms with van der Waals surface area (Å²) in [7, 11) is 0. The maximum atomic E-state index is 6.29. The van der Waals surface area contributed by atoms with Crippen molar-refractivity contribution in [3.05, 3.63) is 75.8 Å². The second-order valence-electron chi connectivity index (χ2n) is 6.10. The number of benzene rings is 2. The minimum Gasteiger partial charge on any atom is -0.297 e. The monoisotopic (exact) mass is 360 g/mol. The summed E-state index contributed by atoms with van der Waals surface area (Å²) in [6, 6.07) is 16.3. The Balaban J connectivity index is 1.46. The van der Waals surface area contributed by atoms with E-state index in [1.807, 2.05) is 18.2 Å². The van der Waals surface area contributed by atoms with Crippen LogP contribution >= 0.6 is 23.2 Å². The lowest BCUT2D eigenvalue weighted by Crippen LogP contribution is -2.45. The summed E-state index contributed by atoms with van der Waals surface area (Å²) >= 11 is 12.4. The Morgan fingerprint density at radius 3 is 2.29 bits per heavy atom. The molecule has 1 aliphatic rings. The molecule has 126 valence electrons. The van der Waals surface area contributed by atoms with Gasteiger partial charge in [-0.1, -0.05) is 77.8 Å². The molecule has 0 bridgehead atoms. The molecule has 2 aromatic rings. The average Bonchev–Trinajstić information content (AvgIpc) is 2.61. The van der Waals surface area contributed by atoms with Crippen molar-refractivity contribution in [2.75, 3.05) is 32.7 Å². The van der Waals surface area contributed by atoms with Crippen molar-refractivity contribution in [3.63, 3.8) is 0 Å². The molecular weight excluding hydrogens is 339 g/mol. The molecule has 0 N–H and O–H groups in total. The van der Waals surface area contributed by atoms with Crippen molar-refractivity contribution in [2.45, 2.75) is 6.54 Å². The lowest BCUT2D eigenvalue weighted by molar-refractivity contribution is 0.137. The molecule has 3 rings (SSSR count). The SMILES string of the molecule is Clc1cccc(CN2CCN(C/C=C\c3ccccc3)CC2)c1Cl. The van der Waals surface area contributed by atoms with Gasteiger partial charge in [0, 0.05) is 39.3 Å². The Morgan fingerprint density at radius 2 is 1.54 bits per heavy atom. The first kappa shape index (κ1) is 17.5. The van der Waals surface area contributed by atoms with Gasteiger partial charge in [-0.15, -0.1) is 0 Å². The second kappa shape index (κ2) is 8.68. The van der Waals surface area contributed by atoms with E-state index in [1.165, 1.54) is 5.56 Å². The van der Waals surface area contributed by atoms with Crippen LogP contribution in [-0.4, -0.2) is 42.5 Å². The summed E-state index contributed by atoms with van der Waals surface area (Å²) in [4.78, 5) is 4.92. The molecule has 0 amide bonds. The van der Waals surface area contributed by atoms with Crippen molar-refractivity contribution in [2.24, 2.45) is 0 Å². The van der Waals surface area contributed by atoms with E-state index in [9.17, 15) is 0 Å². The predicted molar refractivity (Wildman–Crippen MR) is 104 cm³/mol. The molecule has 0 spiro atoms. The maximum absolute atomic E-state index is 6.29. The van der Waals surface area contributed by atoms with Crippen LogP contribution in [-0.2, 0) is 6.54 Å². The van der Waals surface area contributed by atoms with Gasteiger partial charge >= 0.3 is 0 Å². The predicted octanol–water partition coefficient (Wildman–Crippen LogP) is 4.82. The largest absolute Gasteiger partial charge is 0.297 e. The minimum atomic E-state index is 0.638. The van der Waals surface area contributed by atoms with Crippen LogP contribution in [0.5, 0.6) is 0 Å². The number of rotatable bonds is 5. The Labute approximate surface area is 154 Å². The molecule has 0 saturated carbocycles.